The molecular weight excluding hydrogens is 613 g/mol. The van der Waals surface area contributed by atoms with Gasteiger partial charge in [-0.2, -0.15) is 0 Å². The number of amides is 1. The topological polar surface area (TPSA) is 76.6 Å². The number of H-pyrrole nitrogens is 1. The molecule has 1 saturated heterocycles. The third-order valence-electron chi connectivity index (χ3n) is 8.20. The number of carbonyl (C=O) groups excluding carboxylic acids is 1. The van der Waals surface area contributed by atoms with Crippen molar-refractivity contribution in [3.05, 3.63) is 136 Å². The molecule has 0 saturated carbocycles. The maximum atomic E-state index is 13.1. The first kappa shape index (κ1) is 29.8. The molecule has 4 aromatic carbocycles. The Kier molecular flexibility index (Phi) is 9.83. The average Bonchev–Trinajstić information content (AvgIpc) is 3.41. The van der Waals surface area contributed by atoms with Crippen molar-refractivity contribution in [2.45, 2.75) is 41.1 Å². The number of hydrogen-bond acceptors (Lipinski definition) is 4. The van der Waals surface area contributed by atoms with Crippen molar-refractivity contribution in [1.82, 2.24) is 14.5 Å². The van der Waals surface area contributed by atoms with Gasteiger partial charge in [0.2, 0.25) is 0 Å². The molecule has 0 aliphatic carbocycles. The van der Waals surface area contributed by atoms with Gasteiger partial charge in [-0.1, -0.05) is 6.07 Å². The maximum absolute atomic E-state index is 13.1. The molecule has 226 valence electrons. The van der Waals surface area contributed by atoms with Crippen LogP contribution in [0.25, 0.3) is 11.0 Å². The number of benzene rings is 4. The number of nitrogens with zero attached hydrogens (tertiary/aromatic N) is 2. The Labute approximate surface area is 262 Å². The molecule has 2 heterocycles. The van der Waals surface area contributed by atoms with E-state index in [9.17, 15) is 9.59 Å². The van der Waals surface area contributed by atoms with E-state index in [0.29, 0.717) is 26.3 Å². The second-order valence-corrected chi connectivity index (χ2v) is 16.3. The Bertz CT molecular complexity index is 1710. The molecule has 7 nitrogen and oxygen atoms in total. The Morgan fingerprint density at radius 1 is 0.795 bits per heavy atom. The molecule has 0 bridgehead atoms. The van der Waals surface area contributed by atoms with Gasteiger partial charge in [0, 0.05) is 0 Å². The molecule has 1 aromatic heterocycles. The fourth-order valence-electron chi connectivity index (χ4n) is 5.90. The number of ether oxygens (including phenoxy) is 2. The van der Waals surface area contributed by atoms with Gasteiger partial charge in [-0.25, -0.2) is 0 Å². The zero-order valence-corrected chi connectivity index (χ0v) is 26.7. The van der Waals surface area contributed by atoms with Crippen molar-refractivity contribution >= 4 is 31.8 Å². The number of aromatic nitrogens is 2. The summed E-state index contributed by atoms with van der Waals surface area (Å²) >= 11 is -1.49. The summed E-state index contributed by atoms with van der Waals surface area (Å²) in [6.45, 7) is 2.10. The Morgan fingerprint density at radius 2 is 1.45 bits per heavy atom. The predicted molar refractivity (Wildman–Crippen MR) is 175 cm³/mol. The summed E-state index contributed by atoms with van der Waals surface area (Å²) in [4.78, 5) is 30.4. The van der Waals surface area contributed by atoms with Crippen LogP contribution >= 0.6 is 0 Å². The number of imidazole rings is 1. The minimum atomic E-state index is -1.49. The second-order valence-electron chi connectivity index (χ2n) is 11.2. The van der Waals surface area contributed by atoms with Crippen LogP contribution in [-0.2, 0) is 21.8 Å². The molecule has 8 heteroatoms. The van der Waals surface area contributed by atoms with Crippen LogP contribution in [0, 0.1) is 0 Å². The molecule has 0 spiro atoms. The van der Waals surface area contributed by atoms with Crippen LogP contribution in [0.5, 0.6) is 5.75 Å². The number of nitrogens with one attached hydrogen (secondary N) is 1. The molecular formula is C36H38AsN3O4. The van der Waals surface area contributed by atoms with Gasteiger partial charge in [-0.3, -0.25) is 0 Å². The van der Waals surface area contributed by atoms with Crippen molar-refractivity contribution in [1.29, 1.82) is 0 Å². The number of carbonyl (C=O) groups is 1. The first-order valence-electron chi connectivity index (χ1n) is 15.3. The van der Waals surface area contributed by atoms with Crippen LogP contribution in [0.1, 0.15) is 35.6 Å². The Hall–Kier alpha value is -4.22. The van der Waals surface area contributed by atoms with Gasteiger partial charge in [0.25, 0.3) is 0 Å². The van der Waals surface area contributed by atoms with Gasteiger partial charge in [0.15, 0.2) is 0 Å². The summed E-state index contributed by atoms with van der Waals surface area (Å²) < 4.78 is 14.0. The summed E-state index contributed by atoms with van der Waals surface area (Å²) in [5, 5.41) is 2.89. The zero-order valence-electron chi connectivity index (χ0n) is 24.8. The predicted octanol–water partition coefficient (Wildman–Crippen LogP) is 6.74. The summed E-state index contributed by atoms with van der Waals surface area (Å²) in [7, 11) is 0. The van der Waals surface area contributed by atoms with Crippen molar-refractivity contribution < 1.29 is 14.3 Å². The quantitative estimate of drug-likeness (QED) is 0.161. The molecule has 1 amide bonds. The van der Waals surface area contributed by atoms with Gasteiger partial charge in [0.05, 0.1) is 0 Å². The number of para-hydroxylation sites is 3. The van der Waals surface area contributed by atoms with Crippen LogP contribution in [0.4, 0.5) is 4.79 Å². The summed E-state index contributed by atoms with van der Waals surface area (Å²) in [5.41, 5.74) is 5.37. The fourth-order valence-corrected chi connectivity index (χ4v) is 10.6. The normalized spacial score (nSPS) is 14.4. The Morgan fingerprint density at radius 3 is 2.23 bits per heavy atom. The molecule has 1 atom stereocenters. The van der Waals surface area contributed by atoms with E-state index in [2.05, 4.69) is 59.6 Å². The molecule has 6 rings (SSSR count). The van der Waals surface area contributed by atoms with E-state index in [0.717, 1.165) is 50.8 Å². The van der Waals surface area contributed by atoms with Crippen molar-refractivity contribution in [2.24, 2.45) is 0 Å². The number of likely N-dealkylation sites (tertiary alicyclic amines) is 1. The van der Waals surface area contributed by atoms with Crippen molar-refractivity contribution in [3.8, 4) is 5.75 Å². The van der Waals surface area contributed by atoms with Crippen molar-refractivity contribution in [2.75, 3.05) is 19.7 Å². The number of fused-ring (bicyclic) bond motifs is 1. The second kappa shape index (κ2) is 14.5. The van der Waals surface area contributed by atoms with Crippen LogP contribution in [0.2, 0.25) is 5.21 Å². The van der Waals surface area contributed by atoms with E-state index < -0.39 is 14.7 Å². The summed E-state index contributed by atoms with van der Waals surface area (Å²) in [5.74, 6) is 0.929. The molecule has 1 aliphatic heterocycles. The average molecular weight is 652 g/mol. The van der Waals surface area contributed by atoms with E-state index in [1.807, 2.05) is 59.2 Å². The van der Waals surface area contributed by atoms with E-state index in [1.54, 1.807) is 4.90 Å². The molecule has 44 heavy (non-hydrogen) atoms. The van der Waals surface area contributed by atoms with Gasteiger partial charge >= 0.3 is 257 Å². The van der Waals surface area contributed by atoms with E-state index in [-0.39, 0.29) is 17.8 Å². The SMILES string of the molecule is O=C(OCC[As](Cc1ccccc1)Cc1ccccc1OCc1ccccc1)N1CCC(n2c(=O)[nH]c3ccccc32)CC1. The van der Waals surface area contributed by atoms with Crippen molar-refractivity contribution in [3.63, 3.8) is 0 Å². The fraction of sp³-hybridized carbons (Fsp3) is 0.278. The van der Waals surface area contributed by atoms with Gasteiger partial charge in [-0.05, 0) is 0 Å². The zero-order chi connectivity index (χ0) is 30.1. The molecule has 1 aliphatic rings. The van der Waals surface area contributed by atoms with E-state index in [4.69, 9.17) is 9.47 Å². The molecule has 0 radical (unpaired) electrons. The minimum absolute atomic E-state index is 0.0647. The summed E-state index contributed by atoms with van der Waals surface area (Å²) in [6, 6.07) is 37.0. The van der Waals surface area contributed by atoms with Crippen LogP contribution < -0.4 is 10.4 Å². The van der Waals surface area contributed by atoms with E-state index >= 15 is 0 Å². The number of piperidine rings is 1. The standard InChI is InChI=1S/C36H38AsN3O4/c41-35-38-32-16-8-9-17-33(32)40(35)31-19-22-39(23-20-31)36(42)43-24-21-37(25-28-11-3-1-4-12-28)26-30-15-7-10-18-34(30)44-27-29-13-5-2-6-14-29/h1-18,31H,19-27H2,(H,38,41). The summed E-state index contributed by atoms with van der Waals surface area (Å²) in [6.07, 6.45) is 1.19. The van der Waals surface area contributed by atoms with Crippen LogP contribution in [0.15, 0.2) is 114 Å². The van der Waals surface area contributed by atoms with Crippen LogP contribution in [-0.4, -0.2) is 54.9 Å². The van der Waals surface area contributed by atoms with Crippen LogP contribution in [0.3, 0.4) is 0 Å². The first-order chi connectivity index (χ1) is 21.6. The van der Waals surface area contributed by atoms with Gasteiger partial charge in [-0.15, -0.1) is 0 Å². The monoisotopic (exact) mass is 651 g/mol. The van der Waals surface area contributed by atoms with Gasteiger partial charge < -0.3 is 0 Å². The third kappa shape index (κ3) is 7.46. The number of rotatable bonds is 11. The molecule has 1 fully saturated rings. The van der Waals surface area contributed by atoms with E-state index in [1.165, 1.54) is 11.1 Å². The molecule has 1 unspecified atom stereocenters. The third-order valence-corrected chi connectivity index (χ3v) is 13.3. The number of hydrogen-bond donors (Lipinski definition) is 1. The molecule has 5 aromatic rings. The number of aromatic amines is 1. The first-order valence-corrected chi connectivity index (χ1v) is 19.2. The van der Waals surface area contributed by atoms with Gasteiger partial charge in [0.1, 0.15) is 0 Å². The molecule has 1 N–H and O–H groups in total. The Balaban J connectivity index is 1.05.